The van der Waals surface area contributed by atoms with Gasteiger partial charge in [0.25, 0.3) is 0 Å². The van der Waals surface area contributed by atoms with E-state index >= 15 is 0 Å². The molecule has 0 saturated heterocycles. The average Bonchev–Trinajstić information content (AvgIpc) is 3.57. The van der Waals surface area contributed by atoms with Crippen molar-refractivity contribution in [2.75, 3.05) is 6.61 Å². The summed E-state index contributed by atoms with van der Waals surface area (Å²) in [5.41, 5.74) is 6.39. The van der Waals surface area contributed by atoms with Crippen LogP contribution in [0.3, 0.4) is 0 Å². The molecular weight excluding hydrogens is 561 g/mol. The summed E-state index contributed by atoms with van der Waals surface area (Å²) >= 11 is 0. The van der Waals surface area contributed by atoms with E-state index in [0.717, 1.165) is 44.7 Å². The zero-order valence-corrected chi connectivity index (χ0v) is 27.0. The van der Waals surface area contributed by atoms with Crippen molar-refractivity contribution < 1.29 is 13.2 Å². The van der Waals surface area contributed by atoms with E-state index < -0.39 is 23.2 Å². The second-order valence-corrected chi connectivity index (χ2v) is 19.8. The Labute approximate surface area is 249 Å². The molecule has 0 amide bonds. The first-order valence-electron chi connectivity index (χ1n) is 14.3. The van der Waals surface area contributed by atoms with Gasteiger partial charge in [0.05, 0.1) is 27.6 Å². The van der Waals surface area contributed by atoms with E-state index in [4.69, 9.17) is 9.72 Å². The number of rotatable bonds is 10. The number of nitrogens with one attached hydrogen (secondary N) is 1. The minimum Gasteiger partial charge on any atom is -0.361 e. The first-order valence-corrected chi connectivity index (χ1v) is 19.6. The zero-order chi connectivity index (χ0) is 30.2. The molecule has 9 heteroatoms. The Morgan fingerprint density at radius 3 is 2.48 bits per heavy atom. The quantitative estimate of drug-likeness (QED) is 0.133. The highest BCUT2D eigenvalue weighted by atomic mass is 32.2. The lowest BCUT2D eigenvalue weighted by Gasteiger charge is -2.24. The third-order valence-corrected chi connectivity index (χ3v) is 11.5. The van der Waals surface area contributed by atoms with E-state index in [0.29, 0.717) is 29.9 Å². The largest absolute Gasteiger partial charge is 0.361 e. The number of fused-ring (bicyclic) bond motifs is 2. The van der Waals surface area contributed by atoms with Gasteiger partial charge in [-0.3, -0.25) is 0 Å². The number of imidazole rings is 1. The molecule has 1 unspecified atom stereocenters. The maximum Gasteiger partial charge on any atom is 0.192 e. The molecule has 0 aliphatic heterocycles. The van der Waals surface area contributed by atoms with Crippen molar-refractivity contribution in [3.05, 3.63) is 94.4 Å². The monoisotopic (exact) mass is 598 g/mol. The molecule has 2 aromatic heterocycles. The Balaban J connectivity index is 1.81. The van der Waals surface area contributed by atoms with E-state index in [2.05, 4.69) is 36.8 Å². The highest BCUT2D eigenvalue weighted by Gasteiger charge is 2.38. The third kappa shape index (κ3) is 5.67. The van der Waals surface area contributed by atoms with Crippen molar-refractivity contribution in [1.29, 1.82) is 5.26 Å². The summed E-state index contributed by atoms with van der Waals surface area (Å²) in [6.45, 7) is 13.7. The van der Waals surface area contributed by atoms with Gasteiger partial charge in [-0.05, 0) is 79.4 Å². The second kappa shape index (κ2) is 11.5. The van der Waals surface area contributed by atoms with E-state index in [9.17, 15) is 13.7 Å². The number of nitriles is 1. The second-order valence-electron chi connectivity index (χ2n) is 12.2. The van der Waals surface area contributed by atoms with Crippen LogP contribution in [0.1, 0.15) is 45.8 Å². The number of aryl methyl sites for hydroxylation is 3. The maximum atomic E-state index is 14.8. The number of ether oxygens (including phenoxy) is 1. The van der Waals surface area contributed by atoms with Crippen LogP contribution in [-0.2, 0) is 27.7 Å². The molecule has 0 radical (unpaired) electrons. The van der Waals surface area contributed by atoms with E-state index in [1.807, 2.05) is 55.8 Å². The van der Waals surface area contributed by atoms with E-state index in [1.165, 1.54) is 0 Å². The van der Waals surface area contributed by atoms with Gasteiger partial charge in [0.1, 0.15) is 17.8 Å². The van der Waals surface area contributed by atoms with Gasteiger partial charge in [-0.15, -0.1) is 0 Å². The van der Waals surface area contributed by atoms with Crippen LogP contribution in [0.4, 0.5) is 0 Å². The summed E-state index contributed by atoms with van der Waals surface area (Å²) in [7, 11) is -5.33. The molecule has 3 aromatic carbocycles. The van der Waals surface area contributed by atoms with Gasteiger partial charge in [0.2, 0.25) is 0 Å². The summed E-state index contributed by atoms with van der Waals surface area (Å²) in [6.07, 6.45) is 2.51. The molecule has 0 aliphatic rings. The van der Waals surface area contributed by atoms with Gasteiger partial charge in [-0.2, -0.15) is 5.26 Å². The SMILES string of the molecule is CCc1cc(C)c2[nH]ccc2c1C(c1nc2cc(C#N)ccc2n1COCC[Si](C)(C)C)S(=O)(=O)c1ccc(C)cc1. The highest BCUT2D eigenvalue weighted by Crippen LogP contribution is 2.42. The molecular formula is C33H38N4O3SSi. The van der Waals surface area contributed by atoms with Gasteiger partial charge >= 0.3 is 0 Å². The molecule has 0 fully saturated rings. The van der Waals surface area contributed by atoms with E-state index in [1.54, 1.807) is 24.3 Å². The Morgan fingerprint density at radius 2 is 1.81 bits per heavy atom. The third-order valence-electron chi connectivity index (χ3n) is 7.83. The molecule has 218 valence electrons. The number of hydrogen-bond donors (Lipinski definition) is 1. The van der Waals surface area contributed by atoms with Gasteiger partial charge < -0.3 is 14.3 Å². The average molecular weight is 599 g/mol. The van der Waals surface area contributed by atoms with Crippen molar-refractivity contribution in [2.24, 2.45) is 0 Å². The molecule has 2 heterocycles. The number of aromatic nitrogens is 3. The summed E-state index contributed by atoms with van der Waals surface area (Å²) in [5.74, 6) is 0.384. The summed E-state index contributed by atoms with van der Waals surface area (Å²) in [6, 6.07) is 19.5. The fraction of sp³-hybridized carbons (Fsp3) is 0.333. The Kier molecular flexibility index (Phi) is 8.16. The maximum absolute atomic E-state index is 14.8. The fourth-order valence-electron chi connectivity index (χ4n) is 5.48. The molecule has 0 spiro atoms. The molecule has 42 heavy (non-hydrogen) atoms. The lowest BCUT2D eigenvalue weighted by Crippen LogP contribution is -2.24. The van der Waals surface area contributed by atoms with Gasteiger partial charge in [0.15, 0.2) is 9.84 Å². The van der Waals surface area contributed by atoms with Gasteiger partial charge in [-0.25, -0.2) is 13.4 Å². The summed E-state index contributed by atoms with van der Waals surface area (Å²) < 4.78 is 37.8. The zero-order valence-electron chi connectivity index (χ0n) is 25.2. The molecule has 5 aromatic rings. The predicted octanol–water partition coefficient (Wildman–Crippen LogP) is 7.44. The molecule has 1 N–H and O–H groups in total. The standard InChI is InChI=1S/C33H38N4O3SSi/c1-7-25-18-23(3)31-27(14-15-35-31)30(25)32(41(38,39)26-11-8-22(2)9-12-26)33-36-28-19-24(20-34)10-13-29(28)37(33)21-40-16-17-42(4,5)6/h8-15,18-19,32,35H,7,16-17,21H2,1-6H3. The molecule has 1 atom stereocenters. The van der Waals surface area contributed by atoms with Crippen molar-refractivity contribution in [1.82, 2.24) is 14.5 Å². The number of hydrogen-bond acceptors (Lipinski definition) is 5. The summed E-state index contributed by atoms with van der Waals surface area (Å²) in [5, 5.41) is 9.35. The van der Waals surface area contributed by atoms with Crippen LogP contribution in [0.5, 0.6) is 0 Å². The first kappa shape index (κ1) is 29.8. The number of benzene rings is 3. The smallest absolute Gasteiger partial charge is 0.192 e. The Bertz CT molecular complexity index is 1910. The minimum absolute atomic E-state index is 0.158. The van der Waals surface area contributed by atoms with Crippen molar-refractivity contribution in [3.63, 3.8) is 0 Å². The Hall–Kier alpha value is -3.71. The predicted molar refractivity (Wildman–Crippen MR) is 171 cm³/mol. The molecule has 0 aliphatic carbocycles. The fourth-order valence-corrected chi connectivity index (χ4v) is 8.07. The molecule has 7 nitrogen and oxygen atoms in total. The van der Waals surface area contributed by atoms with Crippen LogP contribution in [0.15, 0.2) is 65.7 Å². The number of H-pyrrole nitrogens is 1. The van der Waals surface area contributed by atoms with Crippen LogP contribution in [-0.4, -0.2) is 37.6 Å². The molecule has 0 bridgehead atoms. The van der Waals surface area contributed by atoms with Gasteiger partial charge in [-0.1, -0.05) is 50.3 Å². The van der Waals surface area contributed by atoms with Crippen LogP contribution in [0.25, 0.3) is 21.9 Å². The normalized spacial score (nSPS) is 13.1. The van der Waals surface area contributed by atoms with Crippen molar-refractivity contribution in [3.8, 4) is 6.07 Å². The highest BCUT2D eigenvalue weighted by molar-refractivity contribution is 7.92. The molecule has 0 saturated carbocycles. The van der Waals surface area contributed by atoms with Gasteiger partial charge in [0, 0.05) is 31.8 Å². The first-order chi connectivity index (χ1) is 19.9. The van der Waals surface area contributed by atoms with E-state index in [-0.39, 0.29) is 11.6 Å². The lowest BCUT2D eigenvalue weighted by atomic mass is 9.95. The Morgan fingerprint density at radius 1 is 1.07 bits per heavy atom. The number of sulfone groups is 1. The molecule has 5 rings (SSSR count). The topological polar surface area (TPSA) is 101 Å². The lowest BCUT2D eigenvalue weighted by molar-refractivity contribution is 0.0880. The minimum atomic E-state index is -3.99. The number of aromatic amines is 1. The summed E-state index contributed by atoms with van der Waals surface area (Å²) in [4.78, 5) is 8.53. The van der Waals surface area contributed by atoms with Crippen LogP contribution < -0.4 is 0 Å². The van der Waals surface area contributed by atoms with Crippen molar-refractivity contribution in [2.45, 2.75) is 69.8 Å². The van der Waals surface area contributed by atoms with Crippen molar-refractivity contribution >= 4 is 39.8 Å². The van der Waals surface area contributed by atoms with Crippen LogP contribution in [0, 0.1) is 25.2 Å². The van der Waals surface area contributed by atoms with Crippen LogP contribution in [0.2, 0.25) is 25.7 Å². The number of nitrogens with zero attached hydrogens (tertiary/aromatic N) is 3. The van der Waals surface area contributed by atoms with Crippen LogP contribution >= 0.6 is 0 Å².